The first-order valence-corrected chi connectivity index (χ1v) is 8.58. The van der Waals surface area contributed by atoms with Crippen molar-refractivity contribution < 1.29 is 13.2 Å². The highest BCUT2D eigenvalue weighted by molar-refractivity contribution is 7.89. The molecule has 1 amide bonds. The smallest absolute Gasteiger partial charge is 0.245 e. The molecule has 1 fully saturated rings. The summed E-state index contributed by atoms with van der Waals surface area (Å²) in [4.78, 5) is 12.1. The van der Waals surface area contributed by atoms with E-state index >= 15 is 0 Å². The zero-order chi connectivity index (χ0) is 15.5. The third kappa shape index (κ3) is 3.03. The molecule has 2 rings (SSSR count). The summed E-state index contributed by atoms with van der Waals surface area (Å²) < 4.78 is 27.1. The standard InChI is InChI=1S/C14H21N3O3S/c1-3-12-14(18)16-9-10-17(12)21(19,20)13-8-6-5-7-11(13)15-4-2/h5-8,12,15H,3-4,9-10H2,1-2H3,(H,16,18). The Labute approximate surface area is 125 Å². The van der Waals surface area contributed by atoms with Crippen LogP contribution < -0.4 is 10.6 Å². The number of rotatable bonds is 5. The van der Waals surface area contributed by atoms with Crippen molar-refractivity contribution in [2.75, 3.05) is 25.0 Å². The molecule has 1 aliphatic heterocycles. The average molecular weight is 311 g/mol. The number of nitrogens with one attached hydrogen (secondary N) is 2. The number of amides is 1. The van der Waals surface area contributed by atoms with Crippen molar-refractivity contribution >= 4 is 21.6 Å². The molecule has 0 spiro atoms. The number of benzene rings is 1. The monoisotopic (exact) mass is 311 g/mol. The van der Waals surface area contributed by atoms with Crippen LogP contribution in [-0.4, -0.2) is 44.3 Å². The Kier molecular flexibility index (Phi) is 4.84. The molecule has 1 heterocycles. The van der Waals surface area contributed by atoms with Gasteiger partial charge in [0, 0.05) is 19.6 Å². The van der Waals surface area contributed by atoms with Gasteiger partial charge in [-0.2, -0.15) is 4.31 Å². The maximum Gasteiger partial charge on any atom is 0.245 e. The predicted octanol–water partition coefficient (Wildman–Crippen LogP) is 1.02. The van der Waals surface area contributed by atoms with E-state index in [4.69, 9.17) is 0 Å². The van der Waals surface area contributed by atoms with Gasteiger partial charge in [-0.05, 0) is 25.5 Å². The molecule has 1 aliphatic rings. The molecule has 116 valence electrons. The first-order chi connectivity index (χ1) is 10.0. The summed E-state index contributed by atoms with van der Waals surface area (Å²) in [5.74, 6) is -0.228. The highest BCUT2D eigenvalue weighted by Crippen LogP contribution is 2.27. The van der Waals surface area contributed by atoms with Crippen LogP contribution in [0.5, 0.6) is 0 Å². The number of sulfonamides is 1. The number of hydrogen-bond acceptors (Lipinski definition) is 4. The van der Waals surface area contributed by atoms with Crippen LogP contribution in [0.15, 0.2) is 29.2 Å². The number of nitrogens with zero attached hydrogens (tertiary/aromatic N) is 1. The molecule has 21 heavy (non-hydrogen) atoms. The predicted molar refractivity (Wildman–Crippen MR) is 81.6 cm³/mol. The number of para-hydroxylation sites is 1. The summed E-state index contributed by atoms with van der Waals surface area (Å²) >= 11 is 0. The van der Waals surface area contributed by atoms with Crippen molar-refractivity contribution in [3.05, 3.63) is 24.3 Å². The van der Waals surface area contributed by atoms with Crippen LogP contribution in [0.4, 0.5) is 5.69 Å². The molecule has 0 aromatic heterocycles. The molecular weight excluding hydrogens is 290 g/mol. The summed E-state index contributed by atoms with van der Waals surface area (Å²) in [6, 6.07) is 6.16. The highest BCUT2D eigenvalue weighted by Gasteiger charge is 2.38. The number of carbonyl (C=O) groups is 1. The highest BCUT2D eigenvalue weighted by atomic mass is 32.2. The average Bonchev–Trinajstić information content (AvgIpc) is 2.47. The van der Waals surface area contributed by atoms with E-state index in [1.165, 1.54) is 4.31 Å². The lowest BCUT2D eigenvalue weighted by atomic mass is 10.2. The van der Waals surface area contributed by atoms with Gasteiger partial charge < -0.3 is 10.6 Å². The minimum atomic E-state index is -3.70. The van der Waals surface area contributed by atoms with E-state index in [1.54, 1.807) is 24.3 Å². The topological polar surface area (TPSA) is 78.5 Å². The lowest BCUT2D eigenvalue weighted by Crippen LogP contribution is -2.56. The number of hydrogen-bond donors (Lipinski definition) is 2. The molecule has 6 nitrogen and oxygen atoms in total. The van der Waals surface area contributed by atoms with Gasteiger partial charge in [-0.1, -0.05) is 19.1 Å². The van der Waals surface area contributed by atoms with Crippen molar-refractivity contribution in [2.24, 2.45) is 0 Å². The van der Waals surface area contributed by atoms with Crippen molar-refractivity contribution in [3.63, 3.8) is 0 Å². The summed E-state index contributed by atoms with van der Waals surface area (Å²) in [6.07, 6.45) is 0.453. The largest absolute Gasteiger partial charge is 0.384 e. The fraction of sp³-hybridized carbons (Fsp3) is 0.500. The SMILES string of the molecule is CCNc1ccccc1S(=O)(=O)N1CCNC(=O)C1CC. The second-order valence-corrected chi connectivity index (χ2v) is 6.72. The Balaban J connectivity index is 2.44. The molecule has 2 N–H and O–H groups in total. The van der Waals surface area contributed by atoms with Crippen LogP contribution >= 0.6 is 0 Å². The van der Waals surface area contributed by atoms with Gasteiger partial charge >= 0.3 is 0 Å². The third-order valence-corrected chi connectivity index (χ3v) is 5.48. The molecule has 1 atom stereocenters. The first kappa shape index (κ1) is 15.8. The Morgan fingerprint density at radius 1 is 1.33 bits per heavy atom. The fourth-order valence-electron chi connectivity index (χ4n) is 2.52. The number of piperazine rings is 1. The van der Waals surface area contributed by atoms with Gasteiger partial charge in [0.2, 0.25) is 15.9 Å². The van der Waals surface area contributed by atoms with E-state index in [2.05, 4.69) is 10.6 Å². The first-order valence-electron chi connectivity index (χ1n) is 7.14. The van der Waals surface area contributed by atoms with E-state index < -0.39 is 16.1 Å². The molecule has 0 radical (unpaired) electrons. The Bertz CT molecular complexity index is 616. The van der Waals surface area contributed by atoms with E-state index in [1.807, 2.05) is 13.8 Å². The van der Waals surface area contributed by atoms with Crippen LogP contribution in [0, 0.1) is 0 Å². The molecule has 1 aromatic rings. The zero-order valence-electron chi connectivity index (χ0n) is 12.3. The molecule has 0 bridgehead atoms. The fourth-order valence-corrected chi connectivity index (χ4v) is 4.36. The number of anilines is 1. The number of carbonyl (C=O) groups excluding carboxylic acids is 1. The van der Waals surface area contributed by atoms with Gasteiger partial charge in [0.25, 0.3) is 0 Å². The minimum absolute atomic E-state index is 0.222. The maximum atomic E-state index is 12.9. The Morgan fingerprint density at radius 2 is 2.05 bits per heavy atom. The van der Waals surface area contributed by atoms with Crippen molar-refractivity contribution in [3.8, 4) is 0 Å². The quantitative estimate of drug-likeness (QED) is 0.851. The third-order valence-electron chi connectivity index (χ3n) is 3.51. The van der Waals surface area contributed by atoms with Crippen molar-refractivity contribution in [1.29, 1.82) is 0 Å². The second-order valence-electron chi connectivity index (χ2n) is 4.86. The lowest BCUT2D eigenvalue weighted by molar-refractivity contribution is -0.126. The summed E-state index contributed by atoms with van der Waals surface area (Å²) in [5, 5.41) is 5.77. The van der Waals surface area contributed by atoms with Crippen LogP contribution in [-0.2, 0) is 14.8 Å². The Hall–Kier alpha value is -1.60. The molecule has 1 saturated heterocycles. The van der Waals surface area contributed by atoms with Gasteiger partial charge in [0.05, 0.1) is 5.69 Å². The molecular formula is C14H21N3O3S. The van der Waals surface area contributed by atoms with E-state index in [-0.39, 0.29) is 10.8 Å². The normalized spacial score (nSPS) is 20.1. The molecule has 1 unspecified atom stereocenters. The van der Waals surface area contributed by atoms with Crippen molar-refractivity contribution in [2.45, 2.75) is 31.2 Å². The van der Waals surface area contributed by atoms with Crippen LogP contribution in [0.2, 0.25) is 0 Å². The van der Waals surface area contributed by atoms with Gasteiger partial charge in [0.15, 0.2) is 0 Å². The lowest BCUT2D eigenvalue weighted by Gasteiger charge is -2.33. The van der Waals surface area contributed by atoms with Gasteiger partial charge in [0.1, 0.15) is 10.9 Å². The molecule has 0 aliphatic carbocycles. The minimum Gasteiger partial charge on any atom is -0.384 e. The molecule has 1 aromatic carbocycles. The van der Waals surface area contributed by atoms with E-state index in [0.29, 0.717) is 31.7 Å². The molecule has 0 saturated carbocycles. The maximum absolute atomic E-state index is 12.9. The van der Waals surface area contributed by atoms with E-state index in [9.17, 15) is 13.2 Å². The summed E-state index contributed by atoms with van der Waals surface area (Å²) in [6.45, 7) is 5.00. The second kappa shape index (κ2) is 6.44. The Morgan fingerprint density at radius 3 is 2.71 bits per heavy atom. The van der Waals surface area contributed by atoms with Crippen LogP contribution in [0.3, 0.4) is 0 Å². The van der Waals surface area contributed by atoms with Crippen LogP contribution in [0.25, 0.3) is 0 Å². The van der Waals surface area contributed by atoms with Crippen molar-refractivity contribution in [1.82, 2.24) is 9.62 Å². The van der Waals surface area contributed by atoms with E-state index in [0.717, 1.165) is 0 Å². The van der Waals surface area contributed by atoms with Gasteiger partial charge in [-0.3, -0.25) is 4.79 Å². The van der Waals surface area contributed by atoms with Gasteiger partial charge in [-0.15, -0.1) is 0 Å². The van der Waals surface area contributed by atoms with Gasteiger partial charge in [-0.25, -0.2) is 8.42 Å². The summed E-state index contributed by atoms with van der Waals surface area (Å²) in [7, 11) is -3.70. The zero-order valence-corrected chi connectivity index (χ0v) is 13.1. The van der Waals surface area contributed by atoms with Crippen LogP contribution in [0.1, 0.15) is 20.3 Å². The summed E-state index contributed by atoms with van der Waals surface area (Å²) in [5.41, 5.74) is 0.570. The molecule has 7 heteroatoms.